The fourth-order valence-corrected chi connectivity index (χ4v) is 6.29. The zero-order valence-corrected chi connectivity index (χ0v) is 22.2. The molecular weight excluding hydrogens is 552 g/mol. The third-order valence-electron chi connectivity index (χ3n) is 6.38. The van der Waals surface area contributed by atoms with Gasteiger partial charge in [0.15, 0.2) is 6.10 Å². The Labute approximate surface area is 220 Å². The van der Waals surface area contributed by atoms with E-state index in [1.54, 1.807) is 30.5 Å². The molecule has 2 aliphatic rings. The number of amides is 1. The minimum atomic E-state index is -0.250. The third-order valence-corrected chi connectivity index (χ3v) is 8.15. The molecule has 181 valence electrons. The highest BCUT2D eigenvalue weighted by Gasteiger charge is 2.29. The van der Waals surface area contributed by atoms with Crippen molar-refractivity contribution in [3.63, 3.8) is 0 Å². The molecule has 1 fully saturated rings. The summed E-state index contributed by atoms with van der Waals surface area (Å²) < 4.78 is 2.26. The predicted octanol–water partition coefficient (Wildman–Crippen LogP) is 5.10. The first-order valence-electron chi connectivity index (χ1n) is 11.4. The van der Waals surface area contributed by atoms with Gasteiger partial charge in [-0.2, -0.15) is 0 Å². The molecule has 5 rings (SSSR count). The average Bonchev–Trinajstić information content (AvgIpc) is 3.53. The molecule has 0 aliphatic carbocycles. The number of carbonyl (C=O) groups excluding carboxylic acids is 1. The molecule has 1 atom stereocenters. The van der Waals surface area contributed by atoms with Gasteiger partial charge in [0.2, 0.25) is 5.91 Å². The van der Waals surface area contributed by atoms with Gasteiger partial charge < -0.3 is 14.3 Å². The molecular formula is C25H23BrClN4O3S. The smallest absolute Gasteiger partial charge is 0.253 e. The monoisotopic (exact) mass is 573 g/mol. The van der Waals surface area contributed by atoms with E-state index in [1.807, 2.05) is 28.5 Å². The number of likely N-dealkylation sites (tertiary alicyclic amines) is 1. The van der Waals surface area contributed by atoms with Gasteiger partial charge in [-0.05, 0) is 53.9 Å². The summed E-state index contributed by atoms with van der Waals surface area (Å²) in [6, 6.07) is 10.4. The van der Waals surface area contributed by atoms with Crippen LogP contribution in [0, 0.1) is 13.0 Å². The number of aryl methyl sites for hydroxylation is 1. The highest BCUT2D eigenvalue weighted by molar-refractivity contribution is 9.10. The van der Waals surface area contributed by atoms with Crippen LogP contribution in [0.4, 0.5) is 0 Å². The minimum Gasteiger partial charge on any atom is -0.387 e. The second-order valence-electron chi connectivity index (χ2n) is 8.77. The fourth-order valence-electron chi connectivity index (χ4n) is 4.45. The van der Waals surface area contributed by atoms with Crippen LogP contribution in [0.1, 0.15) is 53.1 Å². The number of aromatic nitrogens is 2. The van der Waals surface area contributed by atoms with Crippen LogP contribution in [0.2, 0.25) is 5.02 Å². The quantitative estimate of drug-likeness (QED) is 0.425. The average molecular weight is 575 g/mol. The lowest BCUT2D eigenvalue weighted by Crippen LogP contribution is -2.41. The highest BCUT2D eigenvalue weighted by Crippen LogP contribution is 2.35. The number of pyridine rings is 1. The molecule has 0 saturated carbocycles. The summed E-state index contributed by atoms with van der Waals surface area (Å²) >= 11 is 11.3. The second kappa shape index (κ2) is 10.2. The van der Waals surface area contributed by atoms with Crippen LogP contribution >= 0.6 is 38.9 Å². The van der Waals surface area contributed by atoms with Crippen LogP contribution in [0.25, 0.3) is 0 Å². The van der Waals surface area contributed by atoms with Gasteiger partial charge in [-0.25, -0.2) is 4.98 Å². The Balaban J connectivity index is 1.18. The van der Waals surface area contributed by atoms with Gasteiger partial charge in [-0.15, -0.1) is 11.3 Å². The van der Waals surface area contributed by atoms with Gasteiger partial charge in [0.1, 0.15) is 12.3 Å². The molecule has 0 bridgehead atoms. The first-order chi connectivity index (χ1) is 16.9. The van der Waals surface area contributed by atoms with E-state index in [0.29, 0.717) is 36.0 Å². The summed E-state index contributed by atoms with van der Waals surface area (Å²) in [6.45, 7) is 3.10. The minimum absolute atomic E-state index is 0.0391. The largest absolute Gasteiger partial charge is 0.387 e. The van der Waals surface area contributed by atoms with E-state index < -0.39 is 0 Å². The second-order valence-corrected chi connectivity index (χ2v) is 11.0. The molecule has 1 saturated heterocycles. The molecule has 0 N–H and O–H groups in total. The highest BCUT2D eigenvalue weighted by atomic mass is 79.9. The molecule has 35 heavy (non-hydrogen) atoms. The van der Waals surface area contributed by atoms with Crippen LogP contribution in [0.3, 0.4) is 0 Å². The van der Waals surface area contributed by atoms with E-state index in [9.17, 15) is 9.59 Å². The maximum Gasteiger partial charge on any atom is 0.253 e. The number of hydrogen-bond acceptors (Lipinski definition) is 6. The van der Waals surface area contributed by atoms with E-state index in [-0.39, 0.29) is 24.1 Å². The Bertz CT molecular complexity index is 1350. The molecule has 2 aliphatic heterocycles. The van der Waals surface area contributed by atoms with Crippen LogP contribution in [-0.4, -0.2) is 39.2 Å². The Morgan fingerprint density at radius 1 is 1.37 bits per heavy atom. The molecule has 2 aromatic heterocycles. The summed E-state index contributed by atoms with van der Waals surface area (Å²) in [5, 5.41) is 7.96. The first-order valence-corrected chi connectivity index (χ1v) is 13.4. The zero-order chi connectivity index (χ0) is 24.5. The van der Waals surface area contributed by atoms with Crippen molar-refractivity contribution in [2.75, 3.05) is 13.1 Å². The molecule has 1 aromatic carbocycles. The van der Waals surface area contributed by atoms with Crippen molar-refractivity contribution in [2.24, 2.45) is 5.16 Å². The summed E-state index contributed by atoms with van der Waals surface area (Å²) in [5.41, 5.74) is 2.93. The number of piperidine rings is 1. The molecule has 0 spiro atoms. The van der Waals surface area contributed by atoms with Crippen LogP contribution in [0.15, 0.2) is 50.3 Å². The van der Waals surface area contributed by atoms with E-state index >= 15 is 0 Å². The third kappa shape index (κ3) is 5.22. The van der Waals surface area contributed by atoms with Crippen molar-refractivity contribution < 1.29 is 9.63 Å². The van der Waals surface area contributed by atoms with Crippen molar-refractivity contribution in [2.45, 2.75) is 44.8 Å². The summed E-state index contributed by atoms with van der Waals surface area (Å²) in [4.78, 5) is 37.5. The van der Waals surface area contributed by atoms with Gasteiger partial charge in [0, 0.05) is 57.6 Å². The molecule has 4 heterocycles. The van der Waals surface area contributed by atoms with Crippen LogP contribution < -0.4 is 5.56 Å². The summed E-state index contributed by atoms with van der Waals surface area (Å²) in [7, 11) is 0. The standard InChI is InChI=1S/C25H23BrClN4O3S/c1-15-10-17(26)12-31(25(15)33)13-23(32)30-8-6-16(7-9-30)24-28-21(14-35-24)20-11-22(34-29-20)18-4-2-3-5-19(18)27/h2-3,5,10,12,14,16,22H,6-9,11,13H2,1H3. The molecule has 3 aromatic rings. The first kappa shape index (κ1) is 24.2. The van der Waals surface area contributed by atoms with E-state index in [4.69, 9.17) is 21.4 Å². The number of carbonyl (C=O) groups is 1. The van der Waals surface area contributed by atoms with Gasteiger partial charge in [0.05, 0.1) is 10.7 Å². The van der Waals surface area contributed by atoms with E-state index in [2.05, 4.69) is 27.2 Å². The van der Waals surface area contributed by atoms with Crippen molar-refractivity contribution >= 4 is 50.5 Å². The number of nitrogens with zero attached hydrogens (tertiary/aromatic N) is 4. The van der Waals surface area contributed by atoms with Crippen LogP contribution in [-0.2, 0) is 16.2 Å². The SMILES string of the molecule is Cc1cc(Br)cn(CC(=O)N2CCC(c3nc(C4=NOC(c5[c]cccc5Cl)C4)cs3)CC2)c1=O. The Morgan fingerprint density at radius 3 is 2.94 bits per heavy atom. The lowest BCUT2D eigenvalue weighted by Gasteiger charge is -2.31. The van der Waals surface area contributed by atoms with Crippen molar-refractivity contribution in [3.8, 4) is 0 Å². The van der Waals surface area contributed by atoms with Crippen molar-refractivity contribution in [1.82, 2.24) is 14.5 Å². The van der Waals surface area contributed by atoms with Crippen molar-refractivity contribution in [3.05, 3.63) is 83.6 Å². The van der Waals surface area contributed by atoms with E-state index in [1.165, 1.54) is 4.57 Å². The maximum absolute atomic E-state index is 12.8. The lowest BCUT2D eigenvalue weighted by molar-refractivity contribution is -0.132. The number of halogens is 2. The lowest BCUT2D eigenvalue weighted by atomic mass is 9.97. The number of oxime groups is 1. The zero-order valence-electron chi connectivity index (χ0n) is 19.0. The van der Waals surface area contributed by atoms with E-state index in [0.717, 1.165) is 39.3 Å². The predicted molar refractivity (Wildman–Crippen MR) is 139 cm³/mol. The molecule has 1 amide bonds. The van der Waals surface area contributed by atoms with Gasteiger partial charge >= 0.3 is 0 Å². The summed E-state index contributed by atoms with van der Waals surface area (Å²) in [5.74, 6) is 0.256. The summed E-state index contributed by atoms with van der Waals surface area (Å²) in [6.07, 6.45) is 3.70. The van der Waals surface area contributed by atoms with Gasteiger partial charge in [-0.3, -0.25) is 9.59 Å². The number of rotatable bonds is 5. The Hall–Kier alpha value is -2.49. The topological polar surface area (TPSA) is 76.8 Å². The maximum atomic E-state index is 12.8. The molecule has 7 nitrogen and oxygen atoms in total. The van der Waals surface area contributed by atoms with Crippen molar-refractivity contribution in [1.29, 1.82) is 0 Å². The molecule has 1 unspecified atom stereocenters. The fraction of sp³-hybridized carbons (Fsp3) is 0.360. The molecule has 10 heteroatoms. The van der Waals surface area contributed by atoms with Crippen LogP contribution in [0.5, 0.6) is 0 Å². The number of thiazole rings is 1. The Morgan fingerprint density at radius 2 is 2.17 bits per heavy atom. The normalized spacial score (nSPS) is 18.4. The van der Waals surface area contributed by atoms with Gasteiger partial charge in [-0.1, -0.05) is 28.9 Å². The Kier molecular flexibility index (Phi) is 7.09. The molecule has 1 radical (unpaired) electrons. The number of hydrogen-bond donors (Lipinski definition) is 0. The van der Waals surface area contributed by atoms with Gasteiger partial charge in [0.25, 0.3) is 5.56 Å². The number of benzene rings is 1.